The van der Waals surface area contributed by atoms with Gasteiger partial charge in [0.15, 0.2) is 0 Å². The molecule has 0 aromatic carbocycles. The van der Waals surface area contributed by atoms with Crippen LogP contribution in [0.1, 0.15) is 96.3 Å². The van der Waals surface area contributed by atoms with Crippen LogP contribution in [0.2, 0.25) is 0 Å². The average molecular weight is 617 g/mol. The molecule has 16 nitrogen and oxygen atoms in total. The highest BCUT2D eigenvalue weighted by atomic mass is 16.5. The summed E-state index contributed by atoms with van der Waals surface area (Å²) in [6.07, 6.45) is 3.55. The number of carbonyl (C=O) groups is 6. The van der Waals surface area contributed by atoms with Crippen molar-refractivity contribution in [2.75, 3.05) is 39.3 Å². The summed E-state index contributed by atoms with van der Waals surface area (Å²) in [5.41, 5.74) is 0. The number of hydrogen-bond donors (Lipinski definition) is 6. The van der Waals surface area contributed by atoms with E-state index in [1.807, 2.05) is 0 Å². The minimum Gasteiger partial charge on any atom is -0.356 e. The highest BCUT2D eigenvalue weighted by Crippen LogP contribution is 2.06. The first-order chi connectivity index (χ1) is 20.5. The van der Waals surface area contributed by atoms with Gasteiger partial charge in [0.1, 0.15) is 0 Å². The Morgan fingerprint density at radius 3 is 0.930 bits per heavy atom. The van der Waals surface area contributed by atoms with Crippen LogP contribution in [0.25, 0.3) is 0 Å². The molecule has 246 valence electrons. The van der Waals surface area contributed by atoms with Crippen molar-refractivity contribution in [3.63, 3.8) is 0 Å². The lowest BCUT2D eigenvalue weighted by atomic mass is 10.2. The van der Waals surface area contributed by atoms with Crippen molar-refractivity contribution in [3.05, 3.63) is 0 Å². The molecule has 6 N–H and O–H groups in total. The van der Waals surface area contributed by atoms with Crippen molar-refractivity contribution in [2.24, 2.45) is 0 Å². The lowest BCUT2D eigenvalue weighted by Crippen LogP contribution is -2.32. The third kappa shape index (κ3) is 18.0. The van der Waals surface area contributed by atoms with Crippen LogP contribution < -0.4 is 10.6 Å². The molecule has 1 aliphatic heterocycles. The first kappa shape index (κ1) is 37.7. The van der Waals surface area contributed by atoms with Crippen molar-refractivity contribution in [1.82, 2.24) is 30.9 Å². The van der Waals surface area contributed by atoms with Gasteiger partial charge in [-0.1, -0.05) is 0 Å². The van der Waals surface area contributed by atoms with Crippen LogP contribution in [-0.2, 0) is 28.8 Å². The molecular weight excluding hydrogens is 568 g/mol. The summed E-state index contributed by atoms with van der Waals surface area (Å²) in [7, 11) is 0. The van der Waals surface area contributed by atoms with Gasteiger partial charge in [0.25, 0.3) is 0 Å². The van der Waals surface area contributed by atoms with E-state index < -0.39 is 23.6 Å². The molecule has 0 radical (unpaired) electrons. The Kier molecular flexibility index (Phi) is 19.5. The van der Waals surface area contributed by atoms with Gasteiger partial charge >= 0.3 is 0 Å². The fourth-order valence-corrected chi connectivity index (χ4v) is 4.13. The summed E-state index contributed by atoms with van der Waals surface area (Å²) in [5.74, 6) is -3.21. The standard InChI is InChI=1S/C27H48N6O10/c34-22-10-12-24(36)30(40)20-8-3-9-21-31(41)25(37)13-11-23(35)29-17-5-2-7-19-33(43)27(39)15-14-26(38)32(42)18-6-1-4-16-28-22/h40-43H,1-21H2,(H,28,34)(H,29,35). The zero-order valence-corrected chi connectivity index (χ0v) is 24.9. The minimum absolute atomic E-state index is 0.0406. The van der Waals surface area contributed by atoms with E-state index in [4.69, 9.17) is 0 Å². The summed E-state index contributed by atoms with van der Waals surface area (Å²) in [6, 6.07) is 0. The summed E-state index contributed by atoms with van der Waals surface area (Å²) in [4.78, 5) is 72.2. The molecule has 1 rings (SSSR count). The van der Waals surface area contributed by atoms with E-state index in [-0.39, 0.29) is 76.5 Å². The highest BCUT2D eigenvalue weighted by molar-refractivity contribution is 5.84. The van der Waals surface area contributed by atoms with E-state index in [0.29, 0.717) is 91.1 Å². The number of hydroxylamine groups is 8. The topological polar surface area (TPSA) is 220 Å². The largest absolute Gasteiger partial charge is 0.356 e. The van der Waals surface area contributed by atoms with E-state index in [1.165, 1.54) is 0 Å². The van der Waals surface area contributed by atoms with E-state index in [2.05, 4.69) is 10.6 Å². The van der Waals surface area contributed by atoms with E-state index in [1.54, 1.807) is 0 Å². The Morgan fingerprint density at radius 2 is 0.628 bits per heavy atom. The third-order valence-electron chi connectivity index (χ3n) is 6.81. The van der Waals surface area contributed by atoms with Gasteiger partial charge in [-0.3, -0.25) is 49.6 Å². The van der Waals surface area contributed by atoms with Gasteiger partial charge in [0, 0.05) is 77.8 Å². The van der Waals surface area contributed by atoms with Crippen LogP contribution in [0.4, 0.5) is 0 Å². The molecule has 6 amide bonds. The molecular formula is C27H48N6O10. The third-order valence-corrected chi connectivity index (χ3v) is 6.81. The number of hydrogen-bond acceptors (Lipinski definition) is 10. The summed E-state index contributed by atoms with van der Waals surface area (Å²) < 4.78 is 0. The van der Waals surface area contributed by atoms with Gasteiger partial charge in [-0.2, -0.15) is 0 Å². The molecule has 0 unspecified atom stereocenters. The monoisotopic (exact) mass is 616 g/mol. The van der Waals surface area contributed by atoms with Crippen LogP contribution in [0, 0.1) is 0 Å². The van der Waals surface area contributed by atoms with Crippen LogP contribution in [0.3, 0.4) is 0 Å². The Labute approximate surface area is 251 Å². The number of carbonyl (C=O) groups excluding carboxylic acids is 6. The molecule has 0 spiro atoms. The molecule has 0 atom stereocenters. The van der Waals surface area contributed by atoms with Gasteiger partial charge in [0.05, 0.1) is 0 Å². The van der Waals surface area contributed by atoms with Crippen molar-refractivity contribution in [3.8, 4) is 0 Å². The summed E-state index contributed by atoms with van der Waals surface area (Å²) >= 11 is 0. The zero-order chi connectivity index (χ0) is 32.0. The lowest BCUT2D eigenvalue weighted by Gasteiger charge is -2.17. The molecule has 0 bridgehead atoms. The van der Waals surface area contributed by atoms with Crippen LogP contribution in [0.15, 0.2) is 0 Å². The van der Waals surface area contributed by atoms with Gasteiger partial charge in [0.2, 0.25) is 35.4 Å². The number of nitrogens with one attached hydrogen (secondary N) is 2. The fourth-order valence-electron chi connectivity index (χ4n) is 4.13. The van der Waals surface area contributed by atoms with Crippen molar-refractivity contribution < 1.29 is 49.6 Å². The van der Waals surface area contributed by atoms with E-state index in [0.717, 1.165) is 0 Å². The SMILES string of the molecule is O=C1CCC(=O)N(O)CCCCCN(O)C(=O)CCC(=O)NCCCCCN(O)C(=O)CCC(=O)N(O)CCCCCN1. The van der Waals surface area contributed by atoms with Gasteiger partial charge in [-0.05, 0) is 57.8 Å². The molecule has 1 aliphatic rings. The number of nitrogens with zero attached hydrogens (tertiary/aromatic N) is 4. The van der Waals surface area contributed by atoms with Crippen LogP contribution in [0.5, 0.6) is 0 Å². The number of amides is 6. The average Bonchev–Trinajstić information content (AvgIpc) is 2.99. The maximum Gasteiger partial charge on any atom is 0.246 e. The van der Waals surface area contributed by atoms with Gasteiger partial charge < -0.3 is 10.6 Å². The predicted octanol–water partition coefficient (Wildman–Crippen LogP) is 0.955. The molecule has 0 aromatic heterocycles. The van der Waals surface area contributed by atoms with E-state index in [9.17, 15) is 49.6 Å². The zero-order valence-electron chi connectivity index (χ0n) is 24.9. The highest BCUT2D eigenvalue weighted by Gasteiger charge is 2.17. The second-order valence-electron chi connectivity index (χ2n) is 10.4. The van der Waals surface area contributed by atoms with Crippen LogP contribution in [-0.4, -0.2) is 116 Å². The second-order valence-corrected chi connectivity index (χ2v) is 10.4. The smallest absolute Gasteiger partial charge is 0.246 e. The van der Waals surface area contributed by atoms with Crippen LogP contribution >= 0.6 is 0 Å². The quantitative estimate of drug-likeness (QED) is 0.212. The van der Waals surface area contributed by atoms with Crippen molar-refractivity contribution in [2.45, 2.75) is 96.3 Å². The van der Waals surface area contributed by atoms with E-state index >= 15 is 0 Å². The minimum atomic E-state index is -0.650. The lowest BCUT2D eigenvalue weighted by molar-refractivity contribution is -0.171. The van der Waals surface area contributed by atoms with Gasteiger partial charge in [-0.25, -0.2) is 20.3 Å². The molecule has 16 heteroatoms. The first-order valence-corrected chi connectivity index (χ1v) is 15.0. The Hall–Kier alpha value is -3.34. The molecule has 0 aromatic rings. The second kappa shape index (κ2) is 22.2. The Balaban J connectivity index is 2.54. The summed E-state index contributed by atoms with van der Waals surface area (Å²) in [6.45, 7) is 0.865. The molecule has 0 saturated carbocycles. The molecule has 1 saturated heterocycles. The molecule has 0 aliphatic carbocycles. The fraction of sp³-hybridized carbons (Fsp3) is 0.778. The Morgan fingerprint density at radius 1 is 0.372 bits per heavy atom. The normalized spacial score (nSPS) is 21.4. The van der Waals surface area contributed by atoms with Crippen molar-refractivity contribution >= 4 is 35.4 Å². The predicted molar refractivity (Wildman–Crippen MR) is 149 cm³/mol. The van der Waals surface area contributed by atoms with Crippen molar-refractivity contribution in [1.29, 1.82) is 0 Å². The summed E-state index contributed by atoms with van der Waals surface area (Å²) in [5, 5.41) is 47.1. The maximum absolute atomic E-state index is 12.1. The number of rotatable bonds is 0. The van der Waals surface area contributed by atoms with Gasteiger partial charge in [-0.15, -0.1) is 0 Å². The molecule has 1 heterocycles. The first-order valence-electron chi connectivity index (χ1n) is 15.0. The molecule has 43 heavy (non-hydrogen) atoms. The maximum atomic E-state index is 12.1. The Bertz CT molecular complexity index is 835. The molecule has 1 fully saturated rings.